The van der Waals surface area contributed by atoms with Gasteiger partial charge in [-0.1, -0.05) is 0 Å². The quantitative estimate of drug-likeness (QED) is 0.762. The zero-order chi connectivity index (χ0) is 17.9. The molecule has 0 spiro atoms. The zero-order valence-corrected chi connectivity index (χ0v) is 14.4. The summed E-state index contributed by atoms with van der Waals surface area (Å²) < 4.78 is 15.2. The van der Waals surface area contributed by atoms with Crippen molar-refractivity contribution >= 4 is 16.9 Å². The van der Waals surface area contributed by atoms with Crippen LogP contribution in [0.2, 0.25) is 0 Å². The number of piperidine rings is 1. The molecular formula is C18H21FN6O. The van der Waals surface area contributed by atoms with Gasteiger partial charge in [-0.15, -0.1) is 0 Å². The molecule has 1 saturated heterocycles. The van der Waals surface area contributed by atoms with Crippen LogP contribution in [-0.2, 0) is 11.3 Å². The molecule has 1 aromatic carbocycles. The van der Waals surface area contributed by atoms with E-state index in [1.54, 1.807) is 17.1 Å². The normalized spacial score (nSPS) is 17.7. The summed E-state index contributed by atoms with van der Waals surface area (Å²) in [6.45, 7) is 1.41. The minimum atomic E-state index is -0.294. The summed E-state index contributed by atoms with van der Waals surface area (Å²) in [7, 11) is 0. The van der Waals surface area contributed by atoms with Gasteiger partial charge in [-0.2, -0.15) is 5.10 Å². The number of halogens is 1. The number of carbonyl (C=O) groups is 1. The van der Waals surface area contributed by atoms with E-state index in [-0.39, 0.29) is 17.8 Å². The molecule has 1 aliphatic rings. The second-order valence-corrected chi connectivity index (χ2v) is 6.64. The van der Waals surface area contributed by atoms with Crippen LogP contribution in [0, 0.1) is 5.82 Å². The molecule has 4 rings (SSSR count). The summed E-state index contributed by atoms with van der Waals surface area (Å²) in [5.41, 5.74) is 1.40. The van der Waals surface area contributed by atoms with Crippen LogP contribution in [0.15, 0.2) is 30.9 Å². The molecule has 1 N–H and O–H groups in total. The average Bonchev–Trinajstić information content (AvgIpc) is 3.30. The molecule has 8 heteroatoms. The van der Waals surface area contributed by atoms with Crippen LogP contribution in [0.1, 0.15) is 44.0 Å². The van der Waals surface area contributed by atoms with Crippen LogP contribution in [0.3, 0.4) is 0 Å². The number of nitrogens with zero attached hydrogens (tertiary/aromatic N) is 5. The van der Waals surface area contributed by atoms with E-state index < -0.39 is 0 Å². The van der Waals surface area contributed by atoms with Crippen molar-refractivity contribution in [3.05, 3.63) is 42.5 Å². The van der Waals surface area contributed by atoms with Gasteiger partial charge in [-0.05, 0) is 43.9 Å². The first-order valence-electron chi connectivity index (χ1n) is 8.98. The predicted octanol–water partition coefficient (Wildman–Crippen LogP) is 2.83. The first-order valence-corrected chi connectivity index (χ1v) is 8.98. The van der Waals surface area contributed by atoms with Gasteiger partial charge in [0.25, 0.3) is 0 Å². The van der Waals surface area contributed by atoms with Crippen LogP contribution in [-0.4, -0.2) is 42.1 Å². The fourth-order valence-electron chi connectivity index (χ4n) is 3.56. The van der Waals surface area contributed by atoms with Crippen molar-refractivity contribution in [2.24, 2.45) is 0 Å². The van der Waals surface area contributed by atoms with Gasteiger partial charge in [-0.25, -0.2) is 14.4 Å². The molecule has 0 saturated carbocycles. The molecule has 7 nitrogen and oxygen atoms in total. The molecule has 1 fully saturated rings. The number of H-pyrrole nitrogens is 1. The molecule has 0 radical (unpaired) electrons. The Morgan fingerprint density at radius 3 is 3.12 bits per heavy atom. The molecular weight excluding hydrogens is 335 g/mol. The molecule has 1 amide bonds. The Balaban J connectivity index is 1.47. The Hall–Kier alpha value is -2.77. The third-order valence-corrected chi connectivity index (χ3v) is 4.85. The number of nitrogens with one attached hydrogen (secondary N) is 1. The molecule has 1 aliphatic heterocycles. The fraction of sp³-hybridized carbons (Fsp3) is 0.444. The number of amides is 1. The highest BCUT2D eigenvalue weighted by atomic mass is 19.1. The highest BCUT2D eigenvalue weighted by Gasteiger charge is 2.29. The minimum Gasteiger partial charge on any atom is -0.340 e. The first kappa shape index (κ1) is 16.7. The number of aromatic nitrogens is 5. The summed E-state index contributed by atoms with van der Waals surface area (Å²) in [4.78, 5) is 26.4. The zero-order valence-electron chi connectivity index (χ0n) is 14.4. The van der Waals surface area contributed by atoms with E-state index >= 15 is 0 Å². The standard InChI is InChI=1S/C18H21FN6O/c19-13-6-7-14-15(10-13)23-18(22-14)16-4-1-2-9-25(16)17(26)5-3-8-24-12-20-11-21-24/h6-7,10-12,16H,1-5,8-9H2,(H,22,23)/t16-/m0/s1. The summed E-state index contributed by atoms with van der Waals surface area (Å²) >= 11 is 0. The maximum Gasteiger partial charge on any atom is 0.223 e. The lowest BCUT2D eigenvalue weighted by Gasteiger charge is -2.34. The lowest BCUT2D eigenvalue weighted by Crippen LogP contribution is -2.39. The number of aryl methyl sites for hydroxylation is 1. The number of aromatic amines is 1. The summed E-state index contributed by atoms with van der Waals surface area (Å²) in [6, 6.07) is 4.44. The molecule has 2 aromatic heterocycles. The third kappa shape index (κ3) is 3.44. The van der Waals surface area contributed by atoms with E-state index in [1.807, 2.05) is 4.90 Å². The summed E-state index contributed by atoms with van der Waals surface area (Å²) in [5.74, 6) is 0.578. The van der Waals surface area contributed by atoms with Crippen LogP contribution >= 0.6 is 0 Å². The highest BCUT2D eigenvalue weighted by Crippen LogP contribution is 2.31. The second kappa shape index (κ2) is 7.23. The first-order chi connectivity index (χ1) is 12.7. The number of fused-ring (bicyclic) bond motifs is 1. The van der Waals surface area contributed by atoms with Crippen molar-refractivity contribution in [3.63, 3.8) is 0 Å². The number of imidazole rings is 1. The monoisotopic (exact) mass is 356 g/mol. The molecule has 3 heterocycles. The van der Waals surface area contributed by atoms with Crippen molar-refractivity contribution in [2.75, 3.05) is 6.54 Å². The van der Waals surface area contributed by atoms with Crippen molar-refractivity contribution in [3.8, 4) is 0 Å². The van der Waals surface area contributed by atoms with Crippen molar-refractivity contribution in [1.82, 2.24) is 29.6 Å². The van der Waals surface area contributed by atoms with Crippen molar-refractivity contribution in [2.45, 2.75) is 44.7 Å². The molecule has 136 valence electrons. The van der Waals surface area contributed by atoms with Crippen molar-refractivity contribution < 1.29 is 9.18 Å². The molecule has 0 unspecified atom stereocenters. The van der Waals surface area contributed by atoms with Gasteiger partial charge in [0, 0.05) is 19.5 Å². The molecule has 0 bridgehead atoms. The molecule has 1 atom stereocenters. The van der Waals surface area contributed by atoms with Crippen LogP contribution in [0.5, 0.6) is 0 Å². The number of rotatable bonds is 5. The van der Waals surface area contributed by atoms with E-state index in [9.17, 15) is 9.18 Å². The maximum absolute atomic E-state index is 13.4. The average molecular weight is 356 g/mol. The van der Waals surface area contributed by atoms with Gasteiger partial charge < -0.3 is 9.88 Å². The Morgan fingerprint density at radius 2 is 2.27 bits per heavy atom. The summed E-state index contributed by atoms with van der Waals surface area (Å²) in [5, 5.41) is 4.05. The summed E-state index contributed by atoms with van der Waals surface area (Å²) in [6.07, 6.45) is 7.26. The van der Waals surface area contributed by atoms with Crippen LogP contribution < -0.4 is 0 Å². The largest absolute Gasteiger partial charge is 0.340 e. The molecule has 3 aromatic rings. The fourth-order valence-corrected chi connectivity index (χ4v) is 3.56. The number of hydrogen-bond acceptors (Lipinski definition) is 4. The van der Waals surface area contributed by atoms with Gasteiger partial charge in [0.2, 0.25) is 5.91 Å². The topological polar surface area (TPSA) is 79.7 Å². The number of benzene rings is 1. The smallest absolute Gasteiger partial charge is 0.223 e. The molecule has 0 aliphatic carbocycles. The maximum atomic E-state index is 13.4. The number of likely N-dealkylation sites (tertiary alicyclic amines) is 1. The number of carbonyl (C=O) groups excluding carboxylic acids is 1. The van der Waals surface area contributed by atoms with E-state index in [0.29, 0.717) is 18.5 Å². The predicted molar refractivity (Wildman–Crippen MR) is 93.6 cm³/mol. The third-order valence-electron chi connectivity index (χ3n) is 4.85. The highest BCUT2D eigenvalue weighted by molar-refractivity contribution is 5.78. The Morgan fingerprint density at radius 1 is 1.35 bits per heavy atom. The van der Waals surface area contributed by atoms with Gasteiger partial charge in [0.15, 0.2) is 0 Å². The van der Waals surface area contributed by atoms with E-state index in [4.69, 9.17) is 0 Å². The lowest BCUT2D eigenvalue weighted by atomic mass is 10.0. The van der Waals surface area contributed by atoms with E-state index in [1.165, 1.54) is 18.5 Å². The van der Waals surface area contributed by atoms with Crippen LogP contribution in [0.25, 0.3) is 11.0 Å². The Labute approximate surface area is 150 Å². The SMILES string of the molecule is O=C(CCCn1cncn1)N1CCCC[C@H]1c1nc2ccc(F)cc2[nH]1. The van der Waals surface area contributed by atoms with Gasteiger partial charge in [0.1, 0.15) is 24.3 Å². The van der Waals surface area contributed by atoms with E-state index in [2.05, 4.69) is 20.1 Å². The van der Waals surface area contributed by atoms with Gasteiger partial charge in [0.05, 0.1) is 17.1 Å². The van der Waals surface area contributed by atoms with Gasteiger partial charge in [-0.3, -0.25) is 9.48 Å². The van der Waals surface area contributed by atoms with Crippen molar-refractivity contribution in [1.29, 1.82) is 0 Å². The Bertz CT molecular complexity index is 890. The van der Waals surface area contributed by atoms with E-state index in [0.717, 1.165) is 43.6 Å². The number of hydrogen-bond donors (Lipinski definition) is 1. The molecule has 26 heavy (non-hydrogen) atoms. The second-order valence-electron chi connectivity index (χ2n) is 6.64. The lowest BCUT2D eigenvalue weighted by molar-refractivity contribution is -0.135. The van der Waals surface area contributed by atoms with Gasteiger partial charge >= 0.3 is 0 Å². The van der Waals surface area contributed by atoms with Crippen LogP contribution in [0.4, 0.5) is 4.39 Å². The Kier molecular flexibility index (Phi) is 4.64. The minimum absolute atomic E-state index is 0.0712.